The lowest BCUT2D eigenvalue weighted by molar-refractivity contribution is 0.0691. The molecular formula is C10H9FN2O2. The molecule has 1 aromatic carbocycles. The minimum atomic E-state index is -1.09. The highest BCUT2D eigenvalue weighted by Crippen LogP contribution is 2.18. The molecule has 0 aliphatic carbocycles. The van der Waals surface area contributed by atoms with E-state index in [0.29, 0.717) is 10.9 Å². The average Bonchev–Trinajstić information content (AvgIpc) is 2.59. The summed E-state index contributed by atoms with van der Waals surface area (Å²) >= 11 is 0. The zero-order valence-electron chi connectivity index (χ0n) is 7.85. The summed E-state index contributed by atoms with van der Waals surface area (Å²) in [4.78, 5) is 10.9. The molecule has 0 saturated carbocycles. The van der Waals surface area contributed by atoms with Crippen LogP contribution in [0.3, 0.4) is 0 Å². The van der Waals surface area contributed by atoms with Crippen molar-refractivity contribution in [1.82, 2.24) is 9.78 Å². The first kappa shape index (κ1) is 9.64. The fourth-order valence-electron chi connectivity index (χ4n) is 1.54. The molecule has 0 fully saturated rings. The first-order chi connectivity index (χ1) is 7.24. The molecule has 0 bridgehead atoms. The molecule has 2 rings (SSSR count). The van der Waals surface area contributed by atoms with Gasteiger partial charge in [0.05, 0.1) is 12.1 Å². The molecule has 0 spiro atoms. The SMILES string of the molecule is O=C(O)c1nn(CCF)c2ccccc12. The van der Waals surface area contributed by atoms with Crippen LogP contribution in [0.2, 0.25) is 0 Å². The molecule has 4 nitrogen and oxygen atoms in total. The summed E-state index contributed by atoms with van der Waals surface area (Å²) in [6, 6.07) is 6.89. The number of carboxylic acid groups (broad SMARTS) is 1. The molecule has 5 heteroatoms. The van der Waals surface area contributed by atoms with Gasteiger partial charge >= 0.3 is 5.97 Å². The van der Waals surface area contributed by atoms with Crippen molar-refractivity contribution in [3.05, 3.63) is 30.0 Å². The van der Waals surface area contributed by atoms with Crippen molar-refractivity contribution in [2.45, 2.75) is 6.54 Å². The van der Waals surface area contributed by atoms with Crippen molar-refractivity contribution >= 4 is 16.9 Å². The van der Waals surface area contributed by atoms with Crippen molar-refractivity contribution in [3.63, 3.8) is 0 Å². The number of fused-ring (bicyclic) bond motifs is 1. The van der Waals surface area contributed by atoms with Crippen molar-refractivity contribution in [1.29, 1.82) is 0 Å². The predicted molar refractivity (Wildman–Crippen MR) is 52.7 cm³/mol. The van der Waals surface area contributed by atoms with Gasteiger partial charge in [0.1, 0.15) is 6.67 Å². The Balaban J connectivity index is 2.67. The normalized spacial score (nSPS) is 10.7. The number of hydrogen-bond donors (Lipinski definition) is 1. The Labute approximate surface area is 84.9 Å². The van der Waals surface area contributed by atoms with Crippen LogP contribution in [0.25, 0.3) is 10.9 Å². The second-order valence-electron chi connectivity index (χ2n) is 3.08. The number of para-hydroxylation sites is 1. The summed E-state index contributed by atoms with van der Waals surface area (Å²) in [6.45, 7) is -0.488. The van der Waals surface area contributed by atoms with Crippen LogP contribution in [-0.4, -0.2) is 27.5 Å². The number of benzene rings is 1. The highest BCUT2D eigenvalue weighted by atomic mass is 19.1. The largest absolute Gasteiger partial charge is 0.476 e. The van der Waals surface area contributed by atoms with Gasteiger partial charge in [-0.15, -0.1) is 0 Å². The third kappa shape index (κ3) is 1.56. The Morgan fingerprint density at radius 1 is 1.47 bits per heavy atom. The van der Waals surface area contributed by atoms with Gasteiger partial charge in [-0.2, -0.15) is 5.10 Å². The zero-order chi connectivity index (χ0) is 10.8. The maximum Gasteiger partial charge on any atom is 0.357 e. The van der Waals surface area contributed by atoms with Crippen LogP contribution in [0.4, 0.5) is 4.39 Å². The van der Waals surface area contributed by atoms with E-state index in [2.05, 4.69) is 5.10 Å². The number of nitrogens with zero attached hydrogens (tertiary/aromatic N) is 2. The second-order valence-corrected chi connectivity index (χ2v) is 3.08. The molecule has 1 heterocycles. The molecule has 1 aromatic heterocycles. The Morgan fingerprint density at radius 2 is 2.20 bits per heavy atom. The van der Waals surface area contributed by atoms with E-state index >= 15 is 0 Å². The minimum absolute atomic E-state index is 0.0287. The van der Waals surface area contributed by atoms with Crippen LogP contribution in [0.5, 0.6) is 0 Å². The lowest BCUT2D eigenvalue weighted by Gasteiger charge is -1.97. The molecule has 0 aliphatic rings. The van der Waals surface area contributed by atoms with Crippen LogP contribution in [-0.2, 0) is 6.54 Å². The van der Waals surface area contributed by atoms with Crippen molar-refractivity contribution in [2.75, 3.05) is 6.67 Å². The van der Waals surface area contributed by atoms with E-state index in [1.165, 1.54) is 4.68 Å². The molecule has 2 aromatic rings. The van der Waals surface area contributed by atoms with Crippen LogP contribution < -0.4 is 0 Å². The summed E-state index contributed by atoms with van der Waals surface area (Å²) in [5.41, 5.74) is 0.617. The molecule has 1 N–H and O–H groups in total. The number of aryl methyl sites for hydroxylation is 1. The van der Waals surface area contributed by atoms with Crippen LogP contribution in [0.1, 0.15) is 10.5 Å². The van der Waals surface area contributed by atoms with Gasteiger partial charge in [0.2, 0.25) is 0 Å². The van der Waals surface area contributed by atoms with Gasteiger partial charge in [0, 0.05) is 5.39 Å². The van der Waals surface area contributed by atoms with Gasteiger partial charge in [-0.1, -0.05) is 18.2 Å². The second kappa shape index (κ2) is 3.68. The summed E-state index contributed by atoms with van der Waals surface area (Å²) in [7, 11) is 0. The molecule has 0 aliphatic heterocycles. The molecule has 78 valence electrons. The van der Waals surface area contributed by atoms with Gasteiger partial charge in [-0.3, -0.25) is 4.68 Å². The van der Waals surface area contributed by atoms with Crippen molar-refractivity contribution in [2.24, 2.45) is 0 Å². The van der Waals surface area contributed by atoms with Crippen LogP contribution in [0.15, 0.2) is 24.3 Å². The van der Waals surface area contributed by atoms with E-state index in [9.17, 15) is 9.18 Å². The Kier molecular flexibility index (Phi) is 2.37. The molecule has 15 heavy (non-hydrogen) atoms. The Hall–Kier alpha value is -1.91. The number of hydrogen-bond acceptors (Lipinski definition) is 2. The Morgan fingerprint density at radius 3 is 2.87 bits per heavy atom. The lowest BCUT2D eigenvalue weighted by atomic mass is 10.2. The number of carboxylic acids is 1. The third-order valence-electron chi connectivity index (χ3n) is 2.16. The van der Waals surface area contributed by atoms with E-state index in [1.54, 1.807) is 24.3 Å². The van der Waals surface area contributed by atoms with Gasteiger partial charge in [0.15, 0.2) is 5.69 Å². The topological polar surface area (TPSA) is 55.1 Å². The summed E-state index contributed by atoms with van der Waals surface area (Å²) in [5.74, 6) is -1.09. The van der Waals surface area contributed by atoms with Crippen molar-refractivity contribution < 1.29 is 14.3 Å². The molecule has 0 saturated heterocycles. The maximum absolute atomic E-state index is 12.2. The van der Waals surface area contributed by atoms with Gasteiger partial charge in [-0.25, -0.2) is 9.18 Å². The number of aromatic nitrogens is 2. The quantitative estimate of drug-likeness (QED) is 0.835. The summed E-state index contributed by atoms with van der Waals surface area (Å²) < 4.78 is 13.6. The number of aromatic carboxylic acids is 1. The van der Waals surface area contributed by atoms with Crippen LogP contribution in [0, 0.1) is 0 Å². The molecule has 0 radical (unpaired) electrons. The smallest absolute Gasteiger partial charge is 0.357 e. The standard InChI is InChI=1S/C10H9FN2O2/c11-5-6-13-8-4-2-1-3-7(8)9(12-13)10(14)15/h1-4H,5-6H2,(H,14,15). The fourth-order valence-corrected chi connectivity index (χ4v) is 1.54. The van der Waals surface area contributed by atoms with Crippen LogP contribution >= 0.6 is 0 Å². The molecule has 0 atom stereocenters. The van der Waals surface area contributed by atoms with Gasteiger partial charge in [-0.05, 0) is 6.07 Å². The monoisotopic (exact) mass is 208 g/mol. The Bertz CT molecular complexity index is 507. The lowest BCUT2D eigenvalue weighted by Crippen LogP contribution is -2.04. The highest BCUT2D eigenvalue weighted by Gasteiger charge is 2.15. The highest BCUT2D eigenvalue weighted by molar-refractivity contribution is 6.01. The first-order valence-electron chi connectivity index (χ1n) is 4.49. The summed E-state index contributed by atoms with van der Waals surface area (Å²) in [5, 5.41) is 13.3. The van der Waals surface area contributed by atoms with Gasteiger partial charge < -0.3 is 5.11 Å². The number of halogens is 1. The van der Waals surface area contributed by atoms with E-state index in [4.69, 9.17) is 5.11 Å². The molecule has 0 unspecified atom stereocenters. The van der Waals surface area contributed by atoms with E-state index in [-0.39, 0.29) is 12.2 Å². The van der Waals surface area contributed by atoms with E-state index < -0.39 is 12.6 Å². The number of carbonyl (C=O) groups is 1. The van der Waals surface area contributed by atoms with Crippen molar-refractivity contribution in [3.8, 4) is 0 Å². The number of alkyl halides is 1. The molecule has 0 amide bonds. The van der Waals surface area contributed by atoms with Gasteiger partial charge in [0.25, 0.3) is 0 Å². The zero-order valence-corrected chi connectivity index (χ0v) is 7.85. The van der Waals surface area contributed by atoms with E-state index in [1.807, 2.05) is 0 Å². The third-order valence-corrected chi connectivity index (χ3v) is 2.16. The fraction of sp³-hybridized carbons (Fsp3) is 0.200. The maximum atomic E-state index is 12.2. The van der Waals surface area contributed by atoms with E-state index in [0.717, 1.165) is 0 Å². The first-order valence-corrected chi connectivity index (χ1v) is 4.49. The summed E-state index contributed by atoms with van der Waals surface area (Å²) in [6.07, 6.45) is 0. The predicted octanol–water partition coefficient (Wildman–Crippen LogP) is 1.70. The average molecular weight is 208 g/mol. The minimum Gasteiger partial charge on any atom is -0.476 e. The number of rotatable bonds is 3. The molecular weight excluding hydrogens is 199 g/mol.